The number of carbonyl (C=O) groups is 2. The molecule has 0 radical (unpaired) electrons. The van der Waals surface area contributed by atoms with Gasteiger partial charge in [-0.15, -0.1) is 0 Å². The number of pyridine rings is 1. The number of carbonyl (C=O) groups excluding carboxylic acids is 2. The van der Waals surface area contributed by atoms with Gasteiger partial charge in [0.15, 0.2) is 10.2 Å². The number of nitrogens with zero attached hydrogens (tertiary/aromatic N) is 3. The van der Waals surface area contributed by atoms with Crippen LogP contribution in [0, 0.1) is 20.2 Å². The largest absolute Gasteiger partial charge is 0.361 e. The van der Waals surface area contributed by atoms with Gasteiger partial charge in [0.05, 0.1) is 9.85 Å². The van der Waals surface area contributed by atoms with Gasteiger partial charge in [0, 0.05) is 61.8 Å². The van der Waals surface area contributed by atoms with Crippen molar-refractivity contribution in [2.24, 2.45) is 0 Å². The lowest BCUT2D eigenvalue weighted by Gasteiger charge is -2.12. The molecule has 0 aliphatic carbocycles. The lowest BCUT2D eigenvalue weighted by molar-refractivity contribution is -0.385. The number of anilines is 2. The van der Waals surface area contributed by atoms with Gasteiger partial charge in [-0.2, -0.15) is 0 Å². The van der Waals surface area contributed by atoms with Crippen molar-refractivity contribution in [2.45, 2.75) is 0 Å². The Morgan fingerprint density at radius 2 is 0.976 bits per heavy atom. The number of amides is 2. The fraction of sp³-hybridized carbons (Fsp3) is 0.160. The normalized spacial score (nSPS) is 10.1. The SMILES string of the molecule is O=C(NCCNC(=S)Nc1ccc([N+](=O)[O-])cc1)c1cccc(C(=O)NCCNC(=S)Nc2ccc([N+](=O)[O-])cc2)n1. The molecular formula is C25H25N9O6S2. The van der Waals surface area contributed by atoms with Crippen LogP contribution in [0.15, 0.2) is 66.7 Å². The molecule has 6 N–H and O–H groups in total. The zero-order valence-corrected chi connectivity index (χ0v) is 23.4. The summed E-state index contributed by atoms with van der Waals surface area (Å²) in [5.74, 6) is -0.963. The molecule has 0 saturated carbocycles. The van der Waals surface area contributed by atoms with E-state index in [-0.39, 0.29) is 46.1 Å². The van der Waals surface area contributed by atoms with E-state index in [9.17, 15) is 29.8 Å². The summed E-state index contributed by atoms with van der Waals surface area (Å²) >= 11 is 10.4. The van der Waals surface area contributed by atoms with Crippen molar-refractivity contribution >= 4 is 69.2 Å². The Hall–Kier alpha value is -5.29. The standard InChI is InChI=1S/C25H25N9O6S2/c35-22(26-12-14-28-24(41)30-16-4-8-18(9-5-16)33(37)38)20-2-1-3-21(32-20)23(36)27-13-15-29-25(42)31-17-6-10-19(11-7-17)34(39)40/h1-11H,12-15H2,(H,26,35)(H,27,36)(H2,28,30,41)(H2,29,31,42). The third-order valence-corrected chi connectivity index (χ3v) is 5.77. The smallest absolute Gasteiger partial charge is 0.269 e. The Kier molecular flexibility index (Phi) is 11.5. The van der Waals surface area contributed by atoms with Gasteiger partial charge >= 0.3 is 0 Å². The van der Waals surface area contributed by atoms with Crippen LogP contribution in [0.3, 0.4) is 0 Å². The van der Waals surface area contributed by atoms with Gasteiger partial charge < -0.3 is 31.9 Å². The molecule has 3 rings (SSSR count). The summed E-state index contributed by atoms with van der Waals surface area (Å²) in [6.45, 7) is 0.994. The molecule has 0 aliphatic rings. The molecule has 42 heavy (non-hydrogen) atoms. The summed E-state index contributed by atoms with van der Waals surface area (Å²) in [5, 5.41) is 38.9. The van der Waals surface area contributed by atoms with Crippen molar-refractivity contribution < 1.29 is 19.4 Å². The minimum atomic E-state index is -0.498. The summed E-state index contributed by atoms with van der Waals surface area (Å²) in [7, 11) is 0. The second-order valence-electron chi connectivity index (χ2n) is 8.29. The fourth-order valence-corrected chi connectivity index (χ4v) is 3.70. The van der Waals surface area contributed by atoms with E-state index in [4.69, 9.17) is 24.4 Å². The molecule has 0 aliphatic heterocycles. The topological polar surface area (TPSA) is 205 Å². The van der Waals surface area contributed by atoms with E-state index in [1.807, 2.05) is 0 Å². The number of nitro groups is 2. The molecule has 17 heteroatoms. The first-order valence-electron chi connectivity index (χ1n) is 12.2. The second kappa shape index (κ2) is 15.5. The van der Waals surface area contributed by atoms with Crippen molar-refractivity contribution in [2.75, 3.05) is 36.8 Å². The Balaban J connectivity index is 1.35. The van der Waals surface area contributed by atoms with Crippen LogP contribution in [0.1, 0.15) is 21.0 Å². The first-order chi connectivity index (χ1) is 20.1. The molecule has 0 unspecified atom stereocenters. The maximum Gasteiger partial charge on any atom is 0.269 e. The first-order valence-corrected chi connectivity index (χ1v) is 13.1. The van der Waals surface area contributed by atoms with Crippen molar-refractivity contribution in [3.8, 4) is 0 Å². The highest BCUT2D eigenvalue weighted by molar-refractivity contribution is 7.80. The van der Waals surface area contributed by atoms with Gasteiger partial charge in [0.2, 0.25) is 0 Å². The Morgan fingerprint density at radius 1 is 0.619 bits per heavy atom. The first kappa shape index (κ1) is 31.2. The fourth-order valence-electron chi connectivity index (χ4n) is 3.26. The Labute approximate surface area is 249 Å². The van der Waals surface area contributed by atoms with E-state index in [1.165, 1.54) is 60.7 Å². The zero-order valence-electron chi connectivity index (χ0n) is 21.8. The lowest BCUT2D eigenvalue weighted by Crippen LogP contribution is -2.37. The number of nitro benzene ring substituents is 2. The van der Waals surface area contributed by atoms with Crippen LogP contribution in [0.4, 0.5) is 22.7 Å². The summed E-state index contributed by atoms with van der Waals surface area (Å²) in [5.41, 5.74) is 1.18. The van der Waals surface area contributed by atoms with Crippen LogP contribution in [0.2, 0.25) is 0 Å². The maximum absolute atomic E-state index is 12.5. The summed E-state index contributed by atoms with van der Waals surface area (Å²) < 4.78 is 0. The van der Waals surface area contributed by atoms with E-state index in [2.05, 4.69) is 36.9 Å². The molecule has 0 fully saturated rings. The number of non-ortho nitro benzene ring substituents is 2. The van der Waals surface area contributed by atoms with Gasteiger partial charge in [0.1, 0.15) is 11.4 Å². The molecule has 218 valence electrons. The molecule has 1 aromatic heterocycles. The number of rotatable bonds is 12. The minimum absolute atomic E-state index is 0.0368. The summed E-state index contributed by atoms with van der Waals surface area (Å²) in [6.07, 6.45) is 0. The summed E-state index contributed by atoms with van der Waals surface area (Å²) in [4.78, 5) is 49.5. The number of nitrogens with one attached hydrogen (secondary N) is 6. The van der Waals surface area contributed by atoms with Gasteiger partial charge in [-0.3, -0.25) is 29.8 Å². The lowest BCUT2D eigenvalue weighted by atomic mass is 10.2. The van der Waals surface area contributed by atoms with Crippen LogP contribution in [-0.4, -0.2) is 63.0 Å². The van der Waals surface area contributed by atoms with E-state index in [0.717, 1.165) is 0 Å². The van der Waals surface area contributed by atoms with E-state index in [1.54, 1.807) is 6.07 Å². The van der Waals surface area contributed by atoms with Crippen LogP contribution in [0.5, 0.6) is 0 Å². The summed E-state index contributed by atoms with van der Waals surface area (Å²) in [6, 6.07) is 16.0. The van der Waals surface area contributed by atoms with Gasteiger partial charge in [0.25, 0.3) is 23.2 Å². The highest BCUT2D eigenvalue weighted by atomic mass is 32.1. The predicted octanol–water partition coefficient (Wildman–Crippen LogP) is 2.33. The Bertz CT molecular complexity index is 1360. The van der Waals surface area contributed by atoms with Crippen molar-refractivity contribution in [1.82, 2.24) is 26.3 Å². The molecule has 1 heterocycles. The van der Waals surface area contributed by atoms with Crippen LogP contribution < -0.4 is 31.9 Å². The second-order valence-corrected chi connectivity index (χ2v) is 9.11. The third kappa shape index (κ3) is 10.0. The number of benzene rings is 2. The highest BCUT2D eigenvalue weighted by Crippen LogP contribution is 2.16. The molecule has 0 saturated heterocycles. The van der Waals surface area contributed by atoms with E-state index < -0.39 is 21.7 Å². The molecule has 2 amide bonds. The molecule has 3 aromatic rings. The monoisotopic (exact) mass is 611 g/mol. The zero-order chi connectivity index (χ0) is 30.5. The number of hydrogen-bond acceptors (Lipinski definition) is 9. The van der Waals surface area contributed by atoms with Crippen molar-refractivity contribution in [3.05, 3.63) is 98.3 Å². The quantitative estimate of drug-likeness (QED) is 0.0754. The van der Waals surface area contributed by atoms with Crippen molar-refractivity contribution in [3.63, 3.8) is 0 Å². The average molecular weight is 612 g/mol. The maximum atomic E-state index is 12.5. The average Bonchev–Trinajstić information content (AvgIpc) is 2.98. The van der Waals surface area contributed by atoms with Crippen LogP contribution in [0.25, 0.3) is 0 Å². The number of thiocarbonyl (C=S) groups is 2. The van der Waals surface area contributed by atoms with Gasteiger partial charge in [-0.1, -0.05) is 6.07 Å². The molecule has 15 nitrogen and oxygen atoms in total. The molecule has 0 atom stereocenters. The molecule has 2 aromatic carbocycles. The number of aromatic nitrogens is 1. The van der Waals surface area contributed by atoms with Gasteiger partial charge in [-0.05, 0) is 60.8 Å². The van der Waals surface area contributed by atoms with Crippen LogP contribution in [-0.2, 0) is 0 Å². The van der Waals surface area contributed by atoms with E-state index in [0.29, 0.717) is 24.5 Å². The highest BCUT2D eigenvalue weighted by Gasteiger charge is 2.12. The number of hydrogen-bond donors (Lipinski definition) is 6. The van der Waals surface area contributed by atoms with E-state index >= 15 is 0 Å². The molecule has 0 spiro atoms. The van der Waals surface area contributed by atoms with Crippen LogP contribution >= 0.6 is 24.4 Å². The third-order valence-electron chi connectivity index (χ3n) is 5.28. The minimum Gasteiger partial charge on any atom is -0.361 e. The van der Waals surface area contributed by atoms with Crippen molar-refractivity contribution in [1.29, 1.82) is 0 Å². The van der Waals surface area contributed by atoms with Gasteiger partial charge in [-0.25, -0.2) is 4.98 Å². The molecular weight excluding hydrogens is 586 g/mol. The molecule has 0 bridgehead atoms. The Morgan fingerprint density at radius 3 is 1.33 bits per heavy atom. The predicted molar refractivity (Wildman–Crippen MR) is 164 cm³/mol.